The first-order valence-electron chi connectivity index (χ1n) is 12.0. The molecule has 0 bridgehead atoms. The Hall–Kier alpha value is -4.44. The number of aryl methyl sites for hydroxylation is 3. The fourth-order valence-electron chi connectivity index (χ4n) is 4.49. The van der Waals surface area contributed by atoms with Gasteiger partial charge in [-0.25, -0.2) is 9.59 Å². The topological polar surface area (TPSA) is 52.6 Å². The van der Waals surface area contributed by atoms with Crippen LogP contribution >= 0.6 is 0 Å². The Bertz CT molecular complexity index is 1630. The highest BCUT2D eigenvalue weighted by atomic mass is 16.5. The molecule has 0 fully saturated rings. The van der Waals surface area contributed by atoms with Gasteiger partial charge in [-0.15, -0.1) is 0 Å². The van der Waals surface area contributed by atoms with Gasteiger partial charge in [0, 0.05) is 21.5 Å². The molecule has 0 unspecified atom stereocenters. The third kappa shape index (κ3) is 4.22. The number of ether oxygens (including phenoxy) is 2. The van der Waals surface area contributed by atoms with E-state index in [0.717, 1.165) is 28.5 Å². The average Bonchev–Trinajstić information content (AvgIpc) is 2.90. The normalized spacial score (nSPS) is 11.0. The summed E-state index contributed by atoms with van der Waals surface area (Å²) in [5.74, 6) is 0.0573. The predicted octanol–water partition coefficient (Wildman–Crippen LogP) is 7.61. The van der Waals surface area contributed by atoms with Gasteiger partial charge in [-0.3, -0.25) is 0 Å². The summed E-state index contributed by atoms with van der Waals surface area (Å²) in [6.07, 6.45) is 0.812. The Morgan fingerprint density at radius 2 is 1.03 bits per heavy atom. The van der Waals surface area contributed by atoms with Gasteiger partial charge in [0.05, 0.1) is 11.1 Å². The minimum atomic E-state index is -0.427. The van der Waals surface area contributed by atoms with Crippen LogP contribution in [-0.4, -0.2) is 11.9 Å². The second-order valence-electron chi connectivity index (χ2n) is 8.85. The van der Waals surface area contributed by atoms with E-state index in [0.29, 0.717) is 38.8 Å². The third-order valence-corrected chi connectivity index (χ3v) is 6.52. The van der Waals surface area contributed by atoms with Crippen LogP contribution in [0.25, 0.3) is 21.5 Å². The van der Waals surface area contributed by atoms with Crippen LogP contribution in [0.2, 0.25) is 0 Å². The van der Waals surface area contributed by atoms with Crippen LogP contribution in [-0.2, 0) is 6.42 Å². The van der Waals surface area contributed by atoms with E-state index >= 15 is 0 Å². The molecule has 0 radical (unpaired) electrons. The molecule has 0 N–H and O–H groups in total. The molecule has 5 aromatic carbocycles. The van der Waals surface area contributed by atoms with E-state index in [9.17, 15) is 9.59 Å². The number of hydrogen-bond acceptors (Lipinski definition) is 4. The maximum atomic E-state index is 13.3. The third-order valence-electron chi connectivity index (χ3n) is 6.52. The van der Waals surface area contributed by atoms with E-state index in [1.165, 1.54) is 0 Å². The molecule has 0 aliphatic heterocycles. The Labute approximate surface area is 210 Å². The molecule has 5 rings (SSSR count). The number of hydrogen-bond donors (Lipinski definition) is 0. The number of carbonyl (C=O) groups is 2. The number of carbonyl (C=O) groups excluding carboxylic acids is 2. The minimum Gasteiger partial charge on any atom is -0.422 e. The highest BCUT2D eigenvalue weighted by molar-refractivity contribution is 6.14. The van der Waals surface area contributed by atoms with E-state index in [-0.39, 0.29) is 0 Å². The van der Waals surface area contributed by atoms with Crippen molar-refractivity contribution in [1.82, 2.24) is 0 Å². The van der Waals surface area contributed by atoms with Crippen LogP contribution in [0.4, 0.5) is 0 Å². The van der Waals surface area contributed by atoms with E-state index in [2.05, 4.69) is 6.92 Å². The van der Waals surface area contributed by atoms with Crippen LogP contribution < -0.4 is 9.47 Å². The molecular weight excluding hydrogens is 448 g/mol. The number of fused-ring (bicyclic) bond motifs is 2. The van der Waals surface area contributed by atoms with E-state index < -0.39 is 11.9 Å². The lowest BCUT2D eigenvalue weighted by Gasteiger charge is -2.18. The summed E-state index contributed by atoms with van der Waals surface area (Å²) in [5.41, 5.74) is 3.79. The highest BCUT2D eigenvalue weighted by Gasteiger charge is 2.22. The van der Waals surface area contributed by atoms with Crippen molar-refractivity contribution in [3.63, 3.8) is 0 Å². The first-order valence-corrected chi connectivity index (χ1v) is 12.0. The maximum Gasteiger partial charge on any atom is 0.343 e. The zero-order valence-electron chi connectivity index (χ0n) is 20.5. The largest absolute Gasteiger partial charge is 0.422 e. The summed E-state index contributed by atoms with van der Waals surface area (Å²) in [6, 6.07) is 28.2. The van der Waals surface area contributed by atoms with Crippen molar-refractivity contribution in [3.8, 4) is 11.5 Å². The zero-order valence-corrected chi connectivity index (χ0v) is 20.5. The smallest absolute Gasteiger partial charge is 0.343 e. The average molecular weight is 475 g/mol. The lowest BCUT2D eigenvalue weighted by Crippen LogP contribution is -2.13. The summed E-state index contributed by atoms with van der Waals surface area (Å²) >= 11 is 0. The molecule has 0 atom stereocenters. The van der Waals surface area contributed by atoms with Crippen molar-refractivity contribution in [1.29, 1.82) is 0 Å². The van der Waals surface area contributed by atoms with Crippen LogP contribution in [0.1, 0.15) is 44.3 Å². The first kappa shape index (κ1) is 23.3. The fraction of sp³-hybridized carbons (Fsp3) is 0.125. The molecule has 36 heavy (non-hydrogen) atoms. The number of benzene rings is 5. The lowest BCUT2D eigenvalue weighted by atomic mass is 9.98. The second-order valence-corrected chi connectivity index (χ2v) is 8.85. The van der Waals surface area contributed by atoms with E-state index in [1.54, 1.807) is 12.1 Å². The molecule has 0 heterocycles. The van der Waals surface area contributed by atoms with Gasteiger partial charge >= 0.3 is 11.9 Å². The van der Waals surface area contributed by atoms with Gasteiger partial charge < -0.3 is 9.47 Å². The van der Waals surface area contributed by atoms with Gasteiger partial charge in [0.1, 0.15) is 11.5 Å². The predicted molar refractivity (Wildman–Crippen MR) is 143 cm³/mol. The molecule has 4 nitrogen and oxygen atoms in total. The van der Waals surface area contributed by atoms with Crippen molar-refractivity contribution in [2.24, 2.45) is 0 Å². The molecule has 0 aliphatic carbocycles. The molecule has 0 amide bonds. The van der Waals surface area contributed by atoms with Crippen LogP contribution in [0.15, 0.2) is 91.0 Å². The SMILES string of the molecule is CCc1ccc2c(OC(=O)c3ccccc3C)c3ccccc3c(OC(=O)c3ccccc3C)c2c1. The molecule has 0 saturated heterocycles. The Morgan fingerprint density at radius 1 is 0.583 bits per heavy atom. The zero-order chi connectivity index (χ0) is 25.2. The number of rotatable bonds is 5. The summed E-state index contributed by atoms with van der Waals surface area (Å²) < 4.78 is 12.2. The standard InChI is InChI=1S/C32H26O4/c1-4-22-17-18-27-28(19-22)30(36-32(34)24-14-8-6-12-21(24)3)26-16-10-9-15-25(26)29(27)35-31(33)23-13-7-5-11-20(23)2/h5-19H,4H2,1-3H3. The van der Waals surface area contributed by atoms with Gasteiger partial charge in [0.25, 0.3) is 0 Å². The Kier molecular flexibility index (Phi) is 6.26. The van der Waals surface area contributed by atoms with Crippen LogP contribution in [0.3, 0.4) is 0 Å². The van der Waals surface area contributed by atoms with Crippen LogP contribution in [0.5, 0.6) is 11.5 Å². The molecular formula is C32H26O4. The molecule has 178 valence electrons. The molecule has 0 saturated carbocycles. The molecule has 4 heteroatoms. The van der Waals surface area contributed by atoms with Crippen molar-refractivity contribution < 1.29 is 19.1 Å². The molecule has 5 aromatic rings. The molecule has 0 aromatic heterocycles. The van der Waals surface area contributed by atoms with E-state index in [1.807, 2.05) is 92.7 Å². The summed E-state index contributed by atoms with van der Waals surface area (Å²) in [7, 11) is 0. The van der Waals surface area contributed by atoms with Gasteiger partial charge in [-0.05, 0) is 55.2 Å². The van der Waals surface area contributed by atoms with Crippen molar-refractivity contribution in [3.05, 3.63) is 119 Å². The second kappa shape index (κ2) is 9.67. The van der Waals surface area contributed by atoms with Crippen molar-refractivity contribution in [2.75, 3.05) is 0 Å². The van der Waals surface area contributed by atoms with Gasteiger partial charge in [0.15, 0.2) is 0 Å². The first-order chi connectivity index (χ1) is 17.5. The van der Waals surface area contributed by atoms with Crippen molar-refractivity contribution in [2.45, 2.75) is 27.2 Å². The fourth-order valence-corrected chi connectivity index (χ4v) is 4.49. The Balaban J connectivity index is 1.72. The van der Waals surface area contributed by atoms with E-state index in [4.69, 9.17) is 9.47 Å². The van der Waals surface area contributed by atoms with Crippen LogP contribution in [0, 0.1) is 13.8 Å². The summed E-state index contributed by atoms with van der Waals surface area (Å²) in [6.45, 7) is 5.84. The van der Waals surface area contributed by atoms with Gasteiger partial charge in [-0.1, -0.05) is 79.7 Å². The monoisotopic (exact) mass is 474 g/mol. The molecule has 0 aliphatic rings. The quantitative estimate of drug-likeness (QED) is 0.149. The minimum absolute atomic E-state index is 0.425. The maximum absolute atomic E-state index is 13.3. The summed E-state index contributed by atoms with van der Waals surface area (Å²) in [5, 5.41) is 2.83. The molecule has 0 spiro atoms. The summed E-state index contributed by atoms with van der Waals surface area (Å²) in [4.78, 5) is 26.5. The van der Waals surface area contributed by atoms with Crippen molar-refractivity contribution >= 4 is 33.5 Å². The highest BCUT2D eigenvalue weighted by Crippen LogP contribution is 2.43. The number of esters is 2. The lowest BCUT2D eigenvalue weighted by molar-refractivity contribution is 0.0725. The Morgan fingerprint density at radius 3 is 1.53 bits per heavy atom. The van der Waals surface area contributed by atoms with Gasteiger partial charge in [-0.2, -0.15) is 0 Å². The van der Waals surface area contributed by atoms with Gasteiger partial charge in [0.2, 0.25) is 0 Å².